The molecule has 1 aromatic rings. The van der Waals surface area contributed by atoms with Crippen molar-refractivity contribution in [1.82, 2.24) is 0 Å². The average molecular weight is 366 g/mol. The molecule has 0 radical (unpaired) electrons. The number of carbonyl (C=O) groups is 2. The summed E-state index contributed by atoms with van der Waals surface area (Å²) in [7, 11) is 1.21. The van der Waals surface area contributed by atoms with Crippen molar-refractivity contribution in [2.45, 2.75) is 49.8 Å². The van der Waals surface area contributed by atoms with Crippen LogP contribution in [-0.4, -0.2) is 65.2 Å². The molecule has 1 aromatic carbocycles. The summed E-state index contributed by atoms with van der Waals surface area (Å²) in [5.41, 5.74) is -4.51. The molecule has 8 nitrogen and oxygen atoms in total. The zero-order valence-corrected chi connectivity index (χ0v) is 14.7. The maximum absolute atomic E-state index is 12.4. The fourth-order valence-corrected chi connectivity index (χ4v) is 3.58. The molecule has 0 amide bonds. The standard InChI is InChI=1S/C18H22O8/c1-10(19)17(21)14-13(25-16(23-3)18(17,22)11(2)20)9-24-15(26-14)12-7-5-4-6-8-12/h4-8,13-16,21-22H,9H2,1-3H3/t13-,14-,15?,16-,17+,18+/m1/s1. The Morgan fingerprint density at radius 2 is 1.69 bits per heavy atom. The van der Waals surface area contributed by atoms with Gasteiger partial charge in [0.2, 0.25) is 5.60 Å². The van der Waals surface area contributed by atoms with Gasteiger partial charge in [0.25, 0.3) is 0 Å². The molecule has 0 bridgehead atoms. The average Bonchev–Trinajstić information content (AvgIpc) is 2.64. The molecular weight excluding hydrogens is 344 g/mol. The zero-order chi connectivity index (χ0) is 19.1. The number of ether oxygens (including phenoxy) is 4. The third-order valence-corrected chi connectivity index (χ3v) is 5.01. The van der Waals surface area contributed by atoms with E-state index in [0.29, 0.717) is 5.56 Å². The maximum atomic E-state index is 12.4. The number of hydrogen-bond acceptors (Lipinski definition) is 8. The second-order valence-electron chi connectivity index (χ2n) is 6.52. The topological polar surface area (TPSA) is 112 Å². The first kappa shape index (κ1) is 19.1. The lowest BCUT2D eigenvalue weighted by Gasteiger charge is -2.55. The number of methoxy groups -OCH3 is 1. The summed E-state index contributed by atoms with van der Waals surface area (Å²) >= 11 is 0. The third kappa shape index (κ3) is 2.61. The number of benzene rings is 1. The Kier molecular flexibility index (Phi) is 5.00. The summed E-state index contributed by atoms with van der Waals surface area (Å²) in [5, 5.41) is 22.2. The molecule has 0 aromatic heterocycles. The highest BCUT2D eigenvalue weighted by molar-refractivity contribution is 5.98. The van der Waals surface area contributed by atoms with Crippen molar-refractivity contribution in [1.29, 1.82) is 0 Å². The normalized spacial score (nSPS) is 39.9. The lowest BCUT2D eigenvalue weighted by Crippen LogP contribution is -2.80. The molecule has 26 heavy (non-hydrogen) atoms. The molecule has 1 unspecified atom stereocenters. The number of aliphatic hydroxyl groups is 2. The molecule has 2 fully saturated rings. The van der Waals surface area contributed by atoms with Crippen LogP contribution in [0.3, 0.4) is 0 Å². The molecule has 6 atom stereocenters. The molecule has 2 aliphatic rings. The summed E-state index contributed by atoms with van der Waals surface area (Å²) in [6, 6.07) is 8.92. The predicted octanol–water partition coefficient (Wildman–Crippen LogP) is 0.112. The van der Waals surface area contributed by atoms with Gasteiger partial charge < -0.3 is 29.2 Å². The lowest BCUT2D eigenvalue weighted by atomic mass is 9.69. The van der Waals surface area contributed by atoms with Crippen molar-refractivity contribution in [3.8, 4) is 0 Å². The Labute approximate surface area is 150 Å². The van der Waals surface area contributed by atoms with Crippen LogP contribution >= 0.6 is 0 Å². The van der Waals surface area contributed by atoms with E-state index in [0.717, 1.165) is 13.8 Å². The zero-order valence-electron chi connectivity index (χ0n) is 14.7. The molecule has 3 rings (SSSR count). The fourth-order valence-electron chi connectivity index (χ4n) is 3.58. The highest BCUT2D eigenvalue weighted by atomic mass is 16.8. The number of fused-ring (bicyclic) bond motifs is 1. The van der Waals surface area contributed by atoms with Gasteiger partial charge in [-0.1, -0.05) is 30.3 Å². The first-order chi connectivity index (χ1) is 12.3. The van der Waals surface area contributed by atoms with E-state index in [1.807, 2.05) is 6.07 Å². The van der Waals surface area contributed by atoms with Gasteiger partial charge in [0.05, 0.1) is 6.61 Å². The Balaban J connectivity index is 2.04. The van der Waals surface area contributed by atoms with Crippen LogP contribution < -0.4 is 0 Å². The molecule has 2 heterocycles. The minimum absolute atomic E-state index is 0.0202. The van der Waals surface area contributed by atoms with Crippen LogP contribution in [0.5, 0.6) is 0 Å². The number of ketones is 2. The number of carbonyl (C=O) groups excluding carboxylic acids is 2. The fraction of sp³-hybridized carbons (Fsp3) is 0.556. The number of rotatable bonds is 4. The van der Waals surface area contributed by atoms with Gasteiger partial charge in [-0.3, -0.25) is 9.59 Å². The quantitative estimate of drug-likeness (QED) is 0.772. The largest absolute Gasteiger partial charge is 0.376 e. The van der Waals surface area contributed by atoms with Gasteiger partial charge in [-0.15, -0.1) is 0 Å². The first-order valence-electron chi connectivity index (χ1n) is 8.23. The SMILES string of the molecule is CO[C@@H]1O[C@@H]2COC(c3ccccc3)O[C@H]2[C@@](O)(C(C)=O)[C@]1(O)C(C)=O. The second-order valence-corrected chi connectivity index (χ2v) is 6.52. The van der Waals surface area contributed by atoms with Crippen molar-refractivity contribution in [3.05, 3.63) is 35.9 Å². The van der Waals surface area contributed by atoms with Gasteiger partial charge in [0.15, 0.2) is 29.7 Å². The molecule has 2 N–H and O–H groups in total. The van der Waals surface area contributed by atoms with Crippen LogP contribution in [0.25, 0.3) is 0 Å². The van der Waals surface area contributed by atoms with Crippen molar-refractivity contribution in [3.63, 3.8) is 0 Å². The van der Waals surface area contributed by atoms with Crippen LogP contribution in [0.4, 0.5) is 0 Å². The van der Waals surface area contributed by atoms with Crippen LogP contribution in [-0.2, 0) is 28.5 Å². The summed E-state index contributed by atoms with van der Waals surface area (Å²) in [5.74, 6) is -1.70. The van der Waals surface area contributed by atoms with E-state index in [-0.39, 0.29) is 6.61 Å². The summed E-state index contributed by atoms with van der Waals surface area (Å²) < 4.78 is 22.1. The van der Waals surface area contributed by atoms with E-state index in [9.17, 15) is 19.8 Å². The maximum Gasteiger partial charge on any atom is 0.212 e. The third-order valence-electron chi connectivity index (χ3n) is 5.01. The second kappa shape index (κ2) is 6.80. The Hall–Kier alpha value is -1.68. The summed E-state index contributed by atoms with van der Waals surface area (Å²) in [6.45, 7) is 2.12. The minimum atomic E-state index is -2.62. The van der Waals surface area contributed by atoms with E-state index >= 15 is 0 Å². The Morgan fingerprint density at radius 1 is 1.08 bits per heavy atom. The van der Waals surface area contributed by atoms with Crippen molar-refractivity contribution >= 4 is 11.6 Å². The molecular formula is C18H22O8. The predicted molar refractivity (Wildman–Crippen MR) is 86.9 cm³/mol. The molecule has 2 saturated heterocycles. The molecule has 0 aliphatic carbocycles. The van der Waals surface area contributed by atoms with E-state index in [4.69, 9.17) is 18.9 Å². The van der Waals surface area contributed by atoms with Gasteiger partial charge >= 0.3 is 0 Å². The molecule has 2 aliphatic heterocycles. The van der Waals surface area contributed by atoms with E-state index in [1.165, 1.54) is 7.11 Å². The van der Waals surface area contributed by atoms with E-state index in [2.05, 4.69) is 0 Å². The number of hydrogen-bond donors (Lipinski definition) is 2. The van der Waals surface area contributed by atoms with Gasteiger partial charge in [-0.05, 0) is 13.8 Å². The van der Waals surface area contributed by atoms with Gasteiger partial charge in [0.1, 0.15) is 12.2 Å². The van der Waals surface area contributed by atoms with E-state index < -0.39 is 47.6 Å². The summed E-state index contributed by atoms with van der Waals surface area (Å²) in [4.78, 5) is 24.6. The smallest absolute Gasteiger partial charge is 0.212 e. The molecule has 0 saturated carbocycles. The first-order valence-corrected chi connectivity index (χ1v) is 8.23. The van der Waals surface area contributed by atoms with Crippen LogP contribution in [0.2, 0.25) is 0 Å². The molecule has 8 heteroatoms. The lowest BCUT2D eigenvalue weighted by molar-refractivity contribution is -0.392. The van der Waals surface area contributed by atoms with E-state index in [1.54, 1.807) is 24.3 Å². The van der Waals surface area contributed by atoms with Gasteiger partial charge in [-0.25, -0.2) is 0 Å². The number of Topliss-reactive ketones (excluding diaryl/α,β-unsaturated/α-hetero) is 2. The van der Waals surface area contributed by atoms with Crippen molar-refractivity contribution < 1.29 is 38.7 Å². The monoisotopic (exact) mass is 366 g/mol. The Bertz CT molecular complexity index is 692. The summed E-state index contributed by atoms with van der Waals surface area (Å²) in [6.07, 6.45) is -4.66. The van der Waals surface area contributed by atoms with Gasteiger partial charge in [-0.2, -0.15) is 0 Å². The highest BCUT2D eigenvalue weighted by Gasteiger charge is 2.72. The highest BCUT2D eigenvalue weighted by Crippen LogP contribution is 2.45. The van der Waals surface area contributed by atoms with Crippen molar-refractivity contribution in [2.75, 3.05) is 13.7 Å². The Morgan fingerprint density at radius 3 is 2.23 bits per heavy atom. The minimum Gasteiger partial charge on any atom is -0.376 e. The molecule has 142 valence electrons. The van der Waals surface area contributed by atoms with Crippen molar-refractivity contribution in [2.24, 2.45) is 0 Å². The van der Waals surface area contributed by atoms with Gasteiger partial charge in [0, 0.05) is 12.7 Å². The van der Waals surface area contributed by atoms with Crippen LogP contribution in [0, 0.1) is 0 Å². The van der Waals surface area contributed by atoms with Crippen LogP contribution in [0.15, 0.2) is 30.3 Å². The van der Waals surface area contributed by atoms with Crippen LogP contribution in [0.1, 0.15) is 25.7 Å². The molecule has 0 spiro atoms.